The van der Waals surface area contributed by atoms with E-state index in [1.807, 2.05) is 0 Å². The largest absolute Gasteiger partial charge is 0.507 e. The normalized spacial score (nSPS) is 10.2. The fourth-order valence-corrected chi connectivity index (χ4v) is 1.68. The molecule has 16 heavy (non-hydrogen) atoms. The number of rotatable bonds is 2. The SMILES string of the molecule is O=Cc1c(O)cc(C(=O)O)c2ccccc12. The summed E-state index contributed by atoms with van der Waals surface area (Å²) < 4.78 is 0. The maximum absolute atomic E-state index is 11.0. The highest BCUT2D eigenvalue weighted by molar-refractivity contribution is 6.10. The van der Waals surface area contributed by atoms with Crippen LogP contribution in [-0.4, -0.2) is 22.5 Å². The third-order valence-corrected chi connectivity index (χ3v) is 2.41. The molecular weight excluding hydrogens is 208 g/mol. The first-order chi connectivity index (χ1) is 7.65. The Morgan fingerprint density at radius 3 is 2.38 bits per heavy atom. The number of phenols is 1. The van der Waals surface area contributed by atoms with Gasteiger partial charge in [0.25, 0.3) is 0 Å². The van der Waals surface area contributed by atoms with Crippen LogP contribution in [0.25, 0.3) is 10.8 Å². The number of hydrogen-bond acceptors (Lipinski definition) is 3. The van der Waals surface area contributed by atoms with Gasteiger partial charge in [0.05, 0.1) is 11.1 Å². The van der Waals surface area contributed by atoms with E-state index in [0.29, 0.717) is 17.1 Å². The van der Waals surface area contributed by atoms with Gasteiger partial charge in [0.1, 0.15) is 5.75 Å². The third-order valence-electron chi connectivity index (χ3n) is 2.41. The van der Waals surface area contributed by atoms with Crippen molar-refractivity contribution in [3.8, 4) is 5.75 Å². The minimum atomic E-state index is -1.14. The highest BCUT2D eigenvalue weighted by Crippen LogP contribution is 2.29. The molecule has 2 rings (SSSR count). The maximum Gasteiger partial charge on any atom is 0.336 e. The molecular formula is C12H8O4. The molecule has 0 aromatic heterocycles. The number of hydrogen-bond donors (Lipinski definition) is 2. The average molecular weight is 216 g/mol. The van der Waals surface area contributed by atoms with Crippen LogP contribution in [0.1, 0.15) is 20.7 Å². The van der Waals surface area contributed by atoms with E-state index < -0.39 is 5.97 Å². The van der Waals surface area contributed by atoms with Crippen molar-refractivity contribution >= 4 is 23.0 Å². The molecule has 4 heteroatoms. The zero-order chi connectivity index (χ0) is 11.7. The third kappa shape index (κ3) is 1.40. The Morgan fingerprint density at radius 2 is 1.81 bits per heavy atom. The summed E-state index contributed by atoms with van der Waals surface area (Å²) in [7, 11) is 0. The van der Waals surface area contributed by atoms with Crippen molar-refractivity contribution in [1.29, 1.82) is 0 Å². The first kappa shape index (κ1) is 10.2. The van der Waals surface area contributed by atoms with Crippen molar-refractivity contribution in [1.82, 2.24) is 0 Å². The smallest absolute Gasteiger partial charge is 0.336 e. The van der Waals surface area contributed by atoms with Crippen molar-refractivity contribution in [3.63, 3.8) is 0 Å². The lowest BCUT2D eigenvalue weighted by molar-refractivity contribution is 0.0698. The molecule has 0 atom stereocenters. The number of fused-ring (bicyclic) bond motifs is 1. The van der Waals surface area contributed by atoms with Gasteiger partial charge in [-0.05, 0) is 16.8 Å². The number of carbonyl (C=O) groups excluding carboxylic acids is 1. The van der Waals surface area contributed by atoms with E-state index in [9.17, 15) is 14.7 Å². The fraction of sp³-hybridized carbons (Fsp3) is 0. The van der Waals surface area contributed by atoms with Gasteiger partial charge in [-0.25, -0.2) is 4.79 Å². The molecule has 4 nitrogen and oxygen atoms in total. The zero-order valence-corrected chi connectivity index (χ0v) is 8.18. The lowest BCUT2D eigenvalue weighted by atomic mass is 9.99. The van der Waals surface area contributed by atoms with Crippen LogP contribution in [0.5, 0.6) is 5.75 Å². The van der Waals surface area contributed by atoms with Gasteiger partial charge in [-0.1, -0.05) is 24.3 Å². The minimum Gasteiger partial charge on any atom is -0.507 e. The van der Waals surface area contributed by atoms with Gasteiger partial charge >= 0.3 is 5.97 Å². The monoisotopic (exact) mass is 216 g/mol. The predicted molar refractivity (Wildman–Crippen MR) is 58.0 cm³/mol. The van der Waals surface area contributed by atoms with Crippen LogP contribution in [0.4, 0.5) is 0 Å². The number of phenolic OH excluding ortho intramolecular Hbond substituents is 1. The average Bonchev–Trinajstić information content (AvgIpc) is 2.28. The number of carboxylic acids is 1. The minimum absolute atomic E-state index is 0.0151. The summed E-state index contributed by atoms with van der Waals surface area (Å²) >= 11 is 0. The van der Waals surface area contributed by atoms with Crippen LogP contribution in [0, 0.1) is 0 Å². The van der Waals surface area contributed by atoms with Gasteiger partial charge in [0, 0.05) is 0 Å². The number of carbonyl (C=O) groups is 2. The van der Waals surface area contributed by atoms with Crippen molar-refractivity contribution < 1.29 is 19.8 Å². The van der Waals surface area contributed by atoms with Crippen molar-refractivity contribution in [2.45, 2.75) is 0 Å². The molecule has 0 spiro atoms. The molecule has 0 amide bonds. The molecule has 80 valence electrons. The standard InChI is InChI=1S/C12H8O4/c13-6-10-8-4-2-1-3-7(8)9(12(15)16)5-11(10)14/h1-6,14H,(H,15,16). The number of benzene rings is 2. The summed E-state index contributed by atoms with van der Waals surface area (Å²) in [5, 5.41) is 19.4. The van der Waals surface area contributed by atoms with Crippen LogP contribution in [0.2, 0.25) is 0 Å². The Kier molecular flexibility index (Phi) is 2.32. The van der Waals surface area contributed by atoms with Gasteiger partial charge in [-0.3, -0.25) is 4.79 Å². The number of aromatic carboxylic acids is 1. The number of carboxylic acid groups (broad SMARTS) is 1. The van der Waals surface area contributed by atoms with Crippen LogP contribution in [-0.2, 0) is 0 Å². The van der Waals surface area contributed by atoms with Gasteiger partial charge in [-0.15, -0.1) is 0 Å². The van der Waals surface area contributed by atoms with Gasteiger partial charge in [0.15, 0.2) is 6.29 Å². The van der Waals surface area contributed by atoms with Crippen LogP contribution in [0.3, 0.4) is 0 Å². The Bertz CT molecular complexity index is 587. The second kappa shape index (κ2) is 3.66. The van der Waals surface area contributed by atoms with Crippen molar-refractivity contribution in [3.05, 3.63) is 41.5 Å². The summed E-state index contributed by atoms with van der Waals surface area (Å²) in [5.41, 5.74) is 0.0966. The highest BCUT2D eigenvalue weighted by atomic mass is 16.4. The summed E-state index contributed by atoms with van der Waals surface area (Å²) in [6.45, 7) is 0. The van der Waals surface area contributed by atoms with Crippen molar-refractivity contribution in [2.24, 2.45) is 0 Å². The van der Waals surface area contributed by atoms with Gasteiger partial charge < -0.3 is 10.2 Å². The first-order valence-corrected chi connectivity index (χ1v) is 4.58. The van der Waals surface area contributed by atoms with Crippen LogP contribution < -0.4 is 0 Å². The lowest BCUT2D eigenvalue weighted by Crippen LogP contribution is -1.99. The Morgan fingerprint density at radius 1 is 1.19 bits per heavy atom. The predicted octanol–water partition coefficient (Wildman–Crippen LogP) is 2.06. The molecule has 2 N–H and O–H groups in total. The quantitative estimate of drug-likeness (QED) is 0.753. The summed E-state index contributed by atoms with van der Waals surface area (Å²) in [4.78, 5) is 21.8. The lowest BCUT2D eigenvalue weighted by Gasteiger charge is -2.06. The fourth-order valence-electron chi connectivity index (χ4n) is 1.68. The van der Waals surface area contributed by atoms with E-state index in [0.717, 1.165) is 6.07 Å². The molecule has 0 heterocycles. The Hall–Kier alpha value is -2.36. The Balaban J connectivity index is 2.96. The zero-order valence-electron chi connectivity index (χ0n) is 8.18. The molecule has 0 radical (unpaired) electrons. The summed E-state index contributed by atoms with van der Waals surface area (Å²) in [6, 6.07) is 7.66. The second-order valence-corrected chi connectivity index (χ2v) is 3.33. The molecule has 0 aliphatic carbocycles. The topological polar surface area (TPSA) is 74.6 Å². The molecule has 0 aliphatic heterocycles. The van der Waals surface area contributed by atoms with Crippen LogP contribution in [0.15, 0.2) is 30.3 Å². The molecule has 0 fully saturated rings. The van der Waals surface area contributed by atoms with Crippen LogP contribution >= 0.6 is 0 Å². The van der Waals surface area contributed by atoms with Gasteiger partial charge in [0.2, 0.25) is 0 Å². The number of aldehydes is 1. The number of aromatic hydroxyl groups is 1. The summed E-state index contributed by atoms with van der Waals surface area (Å²) in [6.07, 6.45) is 0.517. The van der Waals surface area contributed by atoms with Crippen molar-refractivity contribution in [2.75, 3.05) is 0 Å². The first-order valence-electron chi connectivity index (χ1n) is 4.58. The summed E-state index contributed by atoms with van der Waals surface area (Å²) in [5.74, 6) is -1.45. The van der Waals surface area contributed by atoms with Gasteiger partial charge in [-0.2, -0.15) is 0 Å². The molecule has 2 aromatic carbocycles. The van der Waals surface area contributed by atoms with E-state index in [-0.39, 0.29) is 16.9 Å². The molecule has 2 aromatic rings. The van der Waals surface area contributed by atoms with E-state index in [1.54, 1.807) is 24.3 Å². The molecule has 0 saturated heterocycles. The van der Waals surface area contributed by atoms with E-state index in [4.69, 9.17) is 5.11 Å². The maximum atomic E-state index is 11.0. The highest BCUT2D eigenvalue weighted by Gasteiger charge is 2.14. The molecule has 0 bridgehead atoms. The Labute approximate surface area is 90.8 Å². The molecule has 0 saturated carbocycles. The second-order valence-electron chi connectivity index (χ2n) is 3.33. The van der Waals surface area contributed by atoms with E-state index >= 15 is 0 Å². The molecule has 0 unspecified atom stereocenters. The van der Waals surface area contributed by atoms with E-state index in [2.05, 4.69) is 0 Å². The molecule has 0 aliphatic rings. The van der Waals surface area contributed by atoms with E-state index in [1.165, 1.54) is 0 Å².